The molecule has 2 aromatic rings. The van der Waals surface area contributed by atoms with Gasteiger partial charge in [0.2, 0.25) is 0 Å². The summed E-state index contributed by atoms with van der Waals surface area (Å²) < 4.78 is 8.08. The molecule has 0 amide bonds. The summed E-state index contributed by atoms with van der Waals surface area (Å²) in [5.74, 6) is 0.751. The highest BCUT2D eigenvalue weighted by Gasteiger charge is 2.10. The lowest BCUT2D eigenvalue weighted by Crippen LogP contribution is -2.20. The maximum atomic E-state index is 5.90. The second-order valence-corrected chi connectivity index (χ2v) is 4.29. The molecule has 0 aromatic carbocycles. The highest BCUT2D eigenvalue weighted by atomic mass is 35.5. The third-order valence-corrected chi connectivity index (χ3v) is 3.15. The van der Waals surface area contributed by atoms with Crippen molar-refractivity contribution in [2.75, 3.05) is 18.5 Å². The number of halogens is 1. The summed E-state index contributed by atoms with van der Waals surface area (Å²) in [7, 11) is 1.96. The topological polar surface area (TPSA) is 41.9 Å². The molecule has 0 bridgehead atoms. The van der Waals surface area contributed by atoms with E-state index in [0.717, 1.165) is 30.5 Å². The largest absolute Gasteiger partial charge is 0.356 e. The summed E-state index contributed by atoms with van der Waals surface area (Å²) >= 11 is 7.03. The van der Waals surface area contributed by atoms with E-state index in [4.69, 9.17) is 11.6 Å². The van der Waals surface area contributed by atoms with Crippen molar-refractivity contribution in [2.24, 2.45) is 0 Å². The van der Waals surface area contributed by atoms with Crippen LogP contribution in [0, 0.1) is 0 Å². The van der Waals surface area contributed by atoms with Crippen LogP contribution >= 0.6 is 23.3 Å². The molecule has 0 spiro atoms. The first kappa shape index (κ1) is 11.3. The van der Waals surface area contributed by atoms with Gasteiger partial charge in [0.25, 0.3) is 0 Å². The summed E-state index contributed by atoms with van der Waals surface area (Å²) in [5, 5.41) is 0.474. The first-order valence-electron chi connectivity index (χ1n) is 4.85. The van der Waals surface area contributed by atoms with Crippen LogP contribution in [0.1, 0.15) is 5.56 Å². The fourth-order valence-electron chi connectivity index (χ4n) is 1.35. The fraction of sp³-hybridized carbons (Fsp3) is 0.300. The average Bonchev–Trinajstić information content (AvgIpc) is 2.74. The van der Waals surface area contributed by atoms with E-state index in [9.17, 15) is 0 Å². The number of aromatic nitrogens is 3. The van der Waals surface area contributed by atoms with E-state index in [-0.39, 0.29) is 0 Å². The lowest BCUT2D eigenvalue weighted by Gasteiger charge is -2.15. The molecule has 2 heterocycles. The molecule has 6 heteroatoms. The Hall–Kier alpha value is -1.20. The Morgan fingerprint density at radius 1 is 1.31 bits per heavy atom. The Labute approximate surface area is 103 Å². The van der Waals surface area contributed by atoms with Crippen LogP contribution in [0.4, 0.5) is 5.82 Å². The molecule has 0 aliphatic rings. The van der Waals surface area contributed by atoms with Crippen molar-refractivity contribution < 1.29 is 0 Å². The highest BCUT2D eigenvalue weighted by Crippen LogP contribution is 2.21. The molecular weight excluding hydrogens is 244 g/mol. The average molecular weight is 255 g/mol. The monoisotopic (exact) mass is 254 g/mol. The van der Waals surface area contributed by atoms with Gasteiger partial charge in [0, 0.05) is 26.0 Å². The predicted octanol–water partition coefficient (Wildman–Crippen LogP) is 2.27. The number of nitrogens with zero attached hydrogens (tertiary/aromatic N) is 4. The lowest BCUT2D eigenvalue weighted by molar-refractivity contribution is 0.865. The van der Waals surface area contributed by atoms with Gasteiger partial charge >= 0.3 is 0 Å². The van der Waals surface area contributed by atoms with E-state index in [2.05, 4.69) is 13.7 Å². The van der Waals surface area contributed by atoms with Crippen molar-refractivity contribution >= 4 is 29.1 Å². The molecule has 84 valence electrons. The van der Waals surface area contributed by atoms with Crippen LogP contribution in [0.5, 0.6) is 0 Å². The van der Waals surface area contributed by atoms with Gasteiger partial charge in [-0.15, -0.1) is 0 Å². The minimum absolute atomic E-state index is 0.474. The second-order valence-electron chi connectivity index (χ2n) is 3.41. The molecule has 0 fully saturated rings. The molecular formula is C10H11ClN4S. The Morgan fingerprint density at radius 2 is 2.06 bits per heavy atom. The van der Waals surface area contributed by atoms with Crippen molar-refractivity contribution in [3.8, 4) is 0 Å². The standard InChI is InChI=1S/C10H11ClN4S/c1-15(10-9(11)13-16-14-10)7-4-8-2-5-12-6-3-8/h2-3,5-6H,4,7H2,1H3. The Kier molecular flexibility index (Phi) is 3.69. The third kappa shape index (κ3) is 2.68. The van der Waals surface area contributed by atoms with Gasteiger partial charge in [0.05, 0.1) is 11.7 Å². The van der Waals surface area contributed by atoms with Crippen LogP contribution in [0.25, 0.3) is 0 Å². The minimum atomic E-state index is 0.474. The van der Waals surface area contributed by atoms with Crippen LogP contribution in [-0.2, 0) is 6.42 Å². The molecule has 0 atom stereocenters. The fourth-order valence-corrected chi connectivity index (χ4v) is 2.18. The van der Waals surface area contributed by atoms with Crippen molar-refractivity contribution in [1.82, 2.24) is 13.7 Å². The normalized spacial score (nSPS) is 10.4. The maximum Gasteiger partial charge on any atom is 0.187 e. The Morgan fingerprint density at radius 3 is 2.69 bits per heavy atom. The Bertz CT molecular complexity index is 445. The van der Waals surface area contributed by atoms with Crippen LogP contribution in [0.2, 0.25) is 5.15 Å². The van der Waals surface area contributed by atoms with Gasteiger partial charge in [-0.05, 0) is 24.1 Å². The van der Waals surface area contributed by atoms with Crippen molar-refractivity contribution in [3.63, 3.8) is 0 Å². The van der Waals surface area contributed by atoms with E-state index in [0.29, 0.717) is 5.15 Å². The van der Waals surface area contributed by atoms with Crippen molar-refractivity contribution in [3.05, 3.63) is 35.2 Å². The molecule has 0 aliphatic heterocycles. The van der Waals surface area contributed by atoms with Gasteiger partial charge in [-0.1, -0.05) is 11.6 Å². The number of anilines is 1. The summed E-state index contributed by atoms with van der Waals surface area (Å²) in [6.07, 6.45) is 4.53. The quantitative estimate of drug-likeness (QED) is 0.839. The summed E-state index contributed by atoms with van der Waals surface area (Å²) in [6, 6.07) is 4.02. The predicted molar refractivity (Wildman–Crippen MR) is 66.1 cm³/mol. The first-order valence-corrected chi connectivity index (χ1v) is 5.96. The first-order chi connectivity index (χ1) is 7.77. The molecule has 2 rings (SSSR count). The van der Waals surface area contributed by atoms with E-state index in [1.165, 1.54) is 5.56 Å². The van der Waals surface area contributed by atoms with Crippen LogP contribution in [-0.4, -0.2) is 27.3 Å². The Balaban J connectivity index is 1.94. The smallest absolute Gasteiger partial charge is 0.187 e. The zero-order valence-electron chi connectivity index (χ0n) is 8.80. The van der Waals surface area contributed by atoms with Gasteiger partial charge in [-0.3, -0.25) is 4.98 Å². The molecule has 4 nitrogen and oxygen atoms in total. The van der Waals surface area contributed by atoms with Crippen LogP contribution in [0.3, 0.4) is 0 Å². The molecule has 0 radical (unpaired) electrons. The minimum Gasteiger partial charge on any atom is -0.356 e. The SMILES string of the molecule is CN(CCc1ccncc1)c1nsnc1Cl. The van der Waals surface area contributed by atoms with Gasteiger partial charge in [-0.25, -0.2) is 0 Å². The second kappa shape index (κ2) is 5.23. The third-order valence-electron chi connectivity index (χ3n) is 2.28. The van der Waals surface area contributed by atoms with E-state index in [1.807, 2.05) is 24.1 Å². The number of rotatable bonds is 4. The van der Waals surface area contributed by atoms with E-state index < -0.39 is 0 Å². The molecule has 16 heavy (non-hydrogen) atoms. The summed E-state index contributed by atoms with van der Waals surface area (Å²) in [6.45, 7) is 0.856. The van der Waals surface area contributed by atoms with Crippen LogP contribution in [0.15, 0.2) is 24.5 Å². The molecule has 0 saturated heterocycles. The lowest BCUT2D eigenvalue weighted by atomic mass is 10.2. The highest BCUT2D eigenvalue weighted by molar-refractivity contribution is 6.99. The summed E-state index contributed by atoms with van der Waals surface area (Å²) in [5.41, 5.74) is 1.25. The maximum absolute atomic E-state index is 5.90. The van der Waals surface area contributed by atoms with Crippen LogP contribution < -0.4 is 4.90 Å². The zero-order chi connectivity index (χ0) is 11.4. The number of hydrogen-bond donors (Lipinski definition) is 0. The number of hydrogen-bond acceptors (Lipinski definition) is 5. The van der Waals surface area contributed by atoms with Crippen molar-refractivity contribution in [1.29, 1.82) is 0 Å². The van der Waals surface area contributed by atoms with Crippen molar-refractivity contribution in [2.45, 2.75) is 6.42 Å². The molecule has 0 aliphatic carbocycles. The summed E-state index contributed by atoms with van der Waals surface area (Å²) in [4.78, 5) is 5.99. The molecule has 2 aromatic heterocycles. The van der Waals surface area contributed by atoms with Gasteiger partial charge in [-0.2, -0.15) is 8.75 Å². The zero-order valence-corrected chi connectivity index (χ0v) is 10.4. The van der Waals surface area contributed by atoms with Gasteiger partial charge in [0.1, 0.15) is 0 Å². The molecule has 0 saturated carbocycles. The molecule has 0 unspecified atom stereocenters. The van der Waals surface area contributed by atoms with Gasteiger partial charge < -0.3 is 4.90 Å². The van der Waals surface area contributed by atoms with Gasteiger partial charge in [0.15, 0.2) is 11.0 Å². The van der Waals surface area contributed by atoms with E-state index >= 15 is 0 Å². The number of likely N-dealkylation sites (N-methyl/N-ethyl adjacent to an activating group) is 1. The molecule has 0 N–H and O–H groups in total. The van der Waals surface area contributed by atoms with E-state index in [1.54, 1.807) is 12.4 Å². The number of pyridine rings is 1.